The third-order valence-electron chi connectivity index (χ3n) is 2.53. The SMILES string of the molecule is NC(Cc1cc(P(=O)(O)O)c(O)c(P(=O)(O)O)c1)C(=O)O. The maximum atomic E-state index is 11.2. The van der Waals surface area contributed by atoms with Crippen LogP contribution in [0.3, 0.4) is 0 Å². The zero-order valence-corrected chi connectivity index (χ0v) is 12.1. The summed E-state index contributed by atoms with van der Waals surface area (Å²) in [6.07, 6.45) is -0.435. The summed E-state index contributed by atoms with van der Waals surface area (Å²) in [4.78, 5) is 47.0. The van der Waals surface area contributed by atoms with Crippen molar-refractivity contribution in [3.05, 3.63) is 17.7 Å². The summed E-state index contributed by atoms with van der Waals surface area (Å²) in [6, 6.07) is 0.0830. The molecule has 0 aliphatic carbocycles. The Bertz CT molecular complexity index is 618. The number of benzene rings is 1. The second kappa shape index (κ2) is 5.86. The van der Waals surface area contributed by atoms with Crippen molar-refractivity contribution in [1.29, 1.82) is 0 Å². The van der Waals surface area contributed by atoms with Crippen LogP contribution in [0.25, 0.3) is 0 Å². The van der Waals surface area contributed by atoms with Crippen molar-refractivity contribution >= 4 is 31.8 Å². The molecule has 8 N–H and O–H groups in total. The Morgan fingerprint density at radius 1 is 1.10 bits per heavy atom. The van der Waals surface area contributed by atoms with E-state index in [0.717, 1.165) is 12.1 Å². The Kier molecular flexibility index (Phi) is 4.97. The van der Waals surface area contributed by atoms with Crippen LogP contribution in [0, 0.1) is 0 Å². The van der Waals surface area contributed by atoms with Gasteiger partial charge in [0.25, 0.3) is 0 Å². The van der Waals surface area contributed by atoms with E-state index in [4.69, 9.17) is 30.4 Å². The molecule has 0 aromatic heterocycles. The standard InChI is InChI=1S/C9H13NO9P2/c10-5(9(12)13)1-4-2-6(20(14,15)16)8(11)7(3-4)21(17,18)19/h2-3,5,11H,1,10H2,(H,12,13)(H2,14,15,16)(H2,17,18,19). The molecule has 0 spiro atoms. The van der Waals surface area contributed by atoms with Crippen LogP contribution in [0.1, 0.15) is 5.56 Å². The first-order chi connectivity index (χ1) is 9.34. The normalized spacial score (nSPS) is 14.0. The number of aromatic hydroxyl groups is 1. The van der Waals surface area contributed by atoms with Gasteiger partial charge < -0.3 is 35.5 Å². The van der Waals surface area contributed by atoms with Gasteiger partial charge >= 0.3 is 21.2 Å². The van der Waals surface area contributed by atoms with Crippen molar-refractivity contribution in [1.82, 2.24) is 0 Å². The number of aliphatic carboxylic acids is 1. The van der Waals surface area contributed by atoms with Gasteiger partial charge in [0, 0.05) is 0 Å². The average molecular weight is 341 g/mol. The highest BCUT2D eigenvalue weighted by Crippen LogP contribution is 2.42. The minimum Gasteiger partial charge on any atom is -0.506 e. The van der Waals surface area contributed by atoms with E-state index < -0.39 is 50.0 Å². The number of phenols is 1. The predicted octanol–water partition coefficient (Wildman–Crippen LogP) is -2.05. The van der Waals surface area contributed by atoms with Crippen LogP contribution in [0.5, 0.6) is 5.75 Å². The topological polar surface area (TPSA) is 199 Å². The van der Waals surface area contributed by atoms with Gasteiger partial charge in [0.1, 0.15) is 22.4 Å². The molecular formula is C9H13NO9P2. The molecule has 0 fully saturated rings. The van der Waals surface area contributed by atoms with E-state index in [9.17, 15) is 19.0 Å². The first kappa shape index (κ1) is 17.8. The summed E-state index contributed by atoms with van der Waals surface area (Å²) in [7, 11) is -10.1. The van der Waals surface area contributed by atoms with E-state index in [1.54, 1.807) is 0 Å². The summed E-state index contributed by atoms with van der Waals surface area (Å²) in [5, 5.41) is 16.3. The van der Waals surface area contributed by atoms with Gasteiger partial charge in [-0.05, 0) is 24.1 Å². The van der Waals surface area contributed by atoms with Gasteiger partial charge in [-0.3, -0.25) is 13.9 Å². The fraction of sp³-hybridized carbons (Fsp3) is 0.222. The minimum atomic E-state index is -5.03. The Labute approximate surface area is 118 Å². The minimum absolute atomic E-state index is 0.139. The molecule has 1 atom stereocenters. The Morgan fingerprint density at radius 2 is 1.48 bits per heavy atom. The molecule has 1 aromatic rings. The summed E-state index contributed by atoms with van der Waals surface area (Å²) in [6.45, 7) is 0. The van der Waals surface area contributed by atoms with Crippen molar-refractivity contribution in [2.75, 3.05) is 0 Å². The van der Waals surface area contributed by atoms with Crippen LogP contribution in [-0.2, 0) is 20.3 Å². The first-order valence-corrected chi connectivity index (χ1v) is 8.53. The number of hydrogen-bond acceptors (Lipinski definition) is 5. The zero-order valence-electron chi connectivity index (χ0n) is 10.3. The second-order valence-electron chi connectivity index (χ2n) is 4.22. The van der Waals surface area contributed by atoms with Crippen molar-refractivity contribution < 1.29 is 43.7 Å². The molecule has 1 rings (SSSR count). The molecular weight excluding hydrogens is 328 g/mol. The third-order valence-corrected chi connectivity index (χ3v) is 4.47. The summed E-state index contributed by atoms with van der Waals surface area (Å²) >= 11 is 0. The molecule has 1 unspecified atom stereocenters. The molecule has 0 heterocycles. The highest BCUT2D eigenvalue weighted by Gasteiger charge is 2.31. The smallest absolute Gasteiger partial charge is 0.359 e. The lowest BCUT2D eigenvalue weighted by Gasteiger charge is -2.15. The molecule has 1 aromatic carbocycles. The van der Waals surface area contributed by atoms with Gasteiger partial charge in [0.05, 0.1) is 0 Å². The molecule has 0 radical (unpaired) electrons. The Hall–Kier alpha value is -1.25. The van der Waals surface area contributed by atoms with E-state index >= 15 is 0 Å². The summed E-state index contributed by atoms with van der Waals surface area (Å²) in [5.74, 6) is -2.64. The predicted molar refractivity (Wildman–Crippen MR) is 70.8 cm³/mol. The average Bonchev–Trinajstić information content (AvgIpc) is 2.27. The van der Waals surface area contributed by atoms with Gasteiger partial charge in [-0.1, -0.05) is 0 Å². The Balaban J connectivity index is 3.52. The summed E-state index contributed by atoms with van der Waals surface area (Å²) in [5.41, 5.74) is 5.12. The molecule has 12 heteroatoms. The van der Waals surface area contributed by atoms with Gasteiger partial charge in [0.2, 0.25) is 0 Å². The monoisotopic (exact) mass is 341 g/mol. The van der Waals surface area contributed by atoms with Crippen molar-refractivity contribution in [3.8, 4) is 5.75 Å². The fourth-order valence-electron chi connectivity index (χ4n) is 1.56. The largest absolute Gasteiger partial charge is 0.506 e. The lowest BCUT2D eigenvalue weighted by atomic mass is 10.1. The second-order valence-corrected chi connectivity index (χ2v) is 7.36. The van der Waals surface area contributed by atoms with Crippen LogP contribution in [0.2, 0.25) is 0 Å². The van der Waals surface area contributed by atoms with E-state index in [1.807, 2.05) is 0 Å². The van der Waals surface area contributed by atoms with Gasteiger partial charge in [-0.25, -0.2) is 0 Å². The number of rotatable bonds is 5. The summed E-state index contributed by atoms with van der Waals surface area (Å²) < 4.78 is 22.5. The van der Waals surface area contributed by atoms with Crippen LogP contribution >= 0.6 is 15.2 Å². The number of carbonyl (C=O) groups is 1. The van der Waals surface area contributed by atoms with Crippen molar-refractivity contribution in [2.24, 2.45) is 5.73 Å². The molecule has 0 saturated heterocycles. The fourth-order valence-corrected chi connectivity index (χ4v) is 3.11. The van der Waals surface area contributed by atoms with Gasteiger partial charge in [0.15, 0.2) is 0 Å². The maximum absolute atomic E-state index is 11.2. The molecule has 21 heavy (non-hydrogen) atoms. The third kappa shape index (κ3) is 4.36. The van der Waals surface area contributed by atoms with Crippen LogP contribution in [-0.4, -0.2) is 41.8 Å². The van der Waals surface area contributed by atoms with E-state index in [-0.39, 0.29) is 5.56 Å². The van der Waals surface area contributed by atoms with Crippen LogP contribution in [0.4, 0.5) is 0 Å². The molecule has 0 aliphatic heterocycles. The number of nitrogens with two attached hydrogens (primary N) is 1. The molecule has 118 valence electrons. The van der Waals surface area contributed by atoms with Gasteiger partial charge in [-0.2, -0.15) is 0 Å². The van der Waals surface area contributed by atoms with Crippen LogP contribution < -0.4 is 16.3 Å². The number of carboxylic acid groups (broad SMARTS) is 1. The number of carboxylic acids is 1. The van der Waals surface area contributed by atoms with E-state index in [2.05, 4.69) is 0 Å². The van der Waals surface area contributed by atoms with Crippen molar-refractivity contribution in [2.45, 2.75) is 12.5 Å². The van der Waals surface area contributed by atoms with Gasteiger partial charge in [-0.15, -0.1) is 0 Å². The first-order valence-electron chi connectivity index (χ1n) is 5.30. The molecule has 0 saturated carbocycles. The molecule has 0 amide bonds. The van der Waals surface area contributed by atoms with E-state index in [1.165, 1.54) is 0 Å². The zero-order chi connectivity index (χ0) is 16.6. The van der Waals surface area contributed by atoms with Crippen LogP contribution in [0.15, 0.2) is 12.1 Å². The molecule has 10 nitrogen and oxygen atoms in total. The lowest BCUT2D eigenvalue weighted by molar-refractivity contribution is -0.138. The quantitative estimate of drug-likeness (QED) is 0.292. The highest BCUT2D eigenvalue weighted by atomic mass is 31.2. The van der Waals surface area contributed by atoms with E-state index in [0.29, 0.717) is 0 Å². The maximum Gasteiger partial charge on any atom is 0.359 e. The Morgan fingerprint density at radius 3 is 1.76 bits per heavy atom. The van der Waals surface area contributed by atoms with Crippen molar-refractivity contribution in [3.63, 3.8) is 0 Å². The number of hydrogen-bond donors (Lipinski definition) is 7. The lowest BCUT2D eigenvalue weighted by Crippen LogP contribution is -2.33. The molecule has 0 bridgehead atoms. The highest BCUT2D eigenvalue weighted by molar-refractivity contribution is 7.62. The number of phenolic OH excluding ortho intramolecular Hbond substituents is 1. The molecule has 0 aliphatic rings.